The van der Waals surface area contributed by atoms with Crippen LogP contribution in [0.5, 0.6) is 0 Å². The second-order valence-corrected chi connectivity index (χ2v) is 7.28. The van der Waals surface area contributed by atoms with Crippen LogP contribution in [0, 0.1) is 5.92 Å². The maximum absolute atomic E-state index is 12.2. The average molecular weight is 276 g/mol. The first-order valence-corrected chi connectivity index (χ1v) is 8.89. The molecule has 1 aliphatic rings. The van der Waals surface area contributed by atoms with E-state index in [-0.39, 0.29) is 0 Å². The van der Waals surface area contributed by atoms with Crippen molar-refractivity contribution in [3.8, 4) is 0 Å². The van der Waals surface area contributed by atoms with Crippen LogP contribution in [0.25, 0.3) is 0 Å². The minimum absolute atomic E-state index is 0.292. The third-order valence-corrected chi connectivity index (χ3v) is 5.56. The maximum Gasteiger partial charge on any atom is 0.214 e. The Morgan fingerprint density at radius 3 is 2.72 bits per heavy atom. The van der Waals surface area contributed by atoms with Crippen LogP contribution in [0.4, 0.5) is 0 Å². The first-order chi connectivity index (χ1) is 8.60. The second-order valence-electron chi connectivity index (χ2n) is 5.19. The van der Waals surface area contributed by atoms with E-state index in [2.05, 4.69) is 19.2 Å². The predicted octanol–water partition coefficient (Wildman–Crippen LogP) is 1.83. The van der Waals surface area contributed by atoms with Crippen molar-refractivity contribution in [3.05, 3.63) is 0 Å². The van der Waals surface area contributed by atoms with Crippen molar-refractivity contribution >= 4 is 10.0 Å². The summed E-state index contributed by atoms with van der Waals surface area (Å²) in [5.74, 6) is 0.854. The first kappa shape index (κ1) is 15.9. The average Bonchev–Trinajstić information content (AvgIpc) is 2.38. The largest absolute Gasteiger partial charge is 0.317 e. The highest BCUT2D eigenvalue weighted by atomic mass is 32.2. The fourth-order valence-corrected chi connectivity index (χ4v) is 4.04. The van der Waals surface area contributed by atoms with E-state index < -0.39 is 10.0 Å². The number of sulfonamides is 1. The van der Waals surface area contributed by atoms with Gasteiger partial charge in [-0.1, -0.05) is 20.3 Å². The van der Waals surface area contributed by atoms with Gasteiger partial charge in [0, 0.05) is 13.1 Å². The lowest BCUT2D eigenvalue weighted by molar-refractivity contribution is 0.261. The number of rotatable bonds is 8. The summed E-state index contributed by atoms with van der Waals surface area (Å²) in [5.41, 5.74) is 0. The van der Waals surface area contributed by atoms with Crippen LogP contribution >= 0.6 is 0 Å². The molecule has 0 radical (unpaired) electrons. The van der Waals surface area contributed by atoms with Crippen molar-refractivity contribution in [3.63, 3.8) is 0 Å². The summed E-state index contributed by atoms with van der Waals surface area (Å²) in [6, 6.07) is 0. The Balaban J connectivity index is 2.33. The van der Waals surface area contributed by atoms with Gasteiger partial charge in [-0.3, -0.25) is 0 Å². The van der Waals surface area contributed by atoms with Gasteiger partial charge in [-0.05, 0) is 44.7 Å². The Morgan fingerprint density at radius 2 is 2.06 bits per heavy atom. The molecule has 1 N–H and O–H groups in total. The van der Waals surface area contributed by atoms with Crippen molar-refractivity contribution in [2.24, 2.45) is 5.92 Å². The molecular formula is C13H28N2O2S. The van der Waals surface area contributed by atoms with E-state index in [0.29, 0.717) is 11.7 Å². The fourth-order valence-electron chi connectivity index (χ4n) is 2.42. The summed E-state index contributed by atoms with van der Waals surface area (Å²) in [6.45, 7) is 7.50. The molecule has 1 saturated heterocycles. The molecule has 18 heavy (non-hydrogen) atoms. The molecule has 0 bridgehead atoms. The maximum atomic E-state index is 12.2. The molecule has 0 aromatic carbocycles. The number of hydrogen-bond donors (Lipinski definition) is 1. The molecule has 1 fully saturated rings. The zero-order valence-corrected chi connectivity index (χ0v) is 12.6. The van der Waals surface area contributed by atoms with E-state index in [9.17, 15) is 8.42 Å². The summed E-state index contributed by atoms with van der Waals surface area (Å²) in [4.78, 5) is 0. The van der Waals surface area contributed by atoms with Gasteiger partial charge in [0.15, 0.2) is 0 Å². The van der Waals surface area contributed by atoms with Crippen LogP contribution in [-0.2, 0) is 10.0 Å². The lowest BCUT2D eigenvalue weighted by Gasteiger charge is -2.31. The molecule has 0 spiro atoms. The van der Waals surface area contributed by atoms with Gasteiger partial charge in [-0.25, -0.2) is 12.7 Å². The molecule has 0 saturated carbocycles. The van der Waals surface area contributed by atoms with Crippen LogP contribution in [0.1, 0.15) is 46.0 Å². The van der Waals surface area contributed by atoms with Gasteiger partial charge in [0.1, 0.15) is 0 Å². The minimum atomic E-state index is -3.02. The van der Waals surface area contributed by atoms with Crippen molar-refractivity contribution in [2.75, 3.05) is 31.9 Å². The van der Waals surface area contributed by atoms with E-state index in [4.69, 9.17) is 0 Å². The molecule has 108 valence electrons. The SMILES string of the molecule is CCCNCCCS(=O)(=O)N1CCCC(CC)C1. The molecule has 1 atom stereocenters. The molecule has 5 heteroatoms. The van der Waals surface area contributed by atoms with Crippen molar-refractivity contribution < 1.29 is 8.42 Å². The zero-order chi connectivity index (χ0) is 13.4. The van der Waals surface area contributed by atoms with Crippen molar-refractivity contribution in [1.82, 2.24) is 9.62 Å². The smallest absolute Gasteiger partial charge is 0.214 e. The molecule has 0 aromatic heterocycles. The lowest BCUT2D eigenvalue weighted by Crippen LogP contribution is -2.41. The monoisotopic (exact) mass is 276 g/mol. The molecule has 1 rings (SSSR count). The summed E-state index contributed by atoms with van der Waals surface area (Å²) < 4.78 is 26.1. The van der Waals surface area contributed by atoms with Gasteiger partial charge in [0.2, 0.25) is 10.0 Å². The van der Waals surface area contributed by atoms with Gasteiger partial charge in [-0.2, -0.15) is 0 Å². The van der Waals surface area contributed by atoms with Gasteiger partial charge >= 0.3 is 0 Å². The third-order valence-electron chi connectivity index (χ3n) is 3.64. The Labute approximate surface area is 112 Å². The van der Waals surface area contributed by atoms with Crippen LogP contribution in [0.15, 0.2) is 0 Å². The Morgan fingerprint density at radius 1 is 1.28 bits per heavy atom. The number of hydrogen-bond acceptors (Lipinski definition) is 3. The van der Waals surface area contributed by atoms with Crippen LogP contribution in [0.2, 0.25) is 0 Å². The van der Waals surface area contributed by atoms with Crippen molar-refractivity contribution in [1.29, 1.82) is 0 Å². The van der Waals surface area contributed by atoms with Crippen LogP contribution in [-0.4, -0.2) is 44.7 Å². The van der Waals surface area contributed by atoms with E-state index >= 15 is 0 Å². The highest BCUT2D eigenvalue weighted by Gasteiger charge is 2.27. The predicted molar refractivity (Wildman–Crippen MR) is 76.2 cm³/mol. The van der Waals surface area contributed by atoms with E-state index in [1.54, 1.807) is 4.31 Å². The Bertz CT molecular complexity index is 317. The van der Waals surface area contributed by atoms with Crippen molar-refractivity contribution in [2.45, 2.75) is 46.0 Å². The standard InChI is InChI=1S/C13H28N2O2S/c1-3-8-14-9-6-11-18(16,17)15-10-5-7-13(4-2)12-15/h13-14H,3-12H2,1-2H3. The molecule has 1 aliphatic heterocycles. The minimum Gasteiger partial charge on any atom is -0.317 e. The Hall–Kier alpha value is -0.130. The highest BCUT2D eigenvalue weighted by Crippen LogP contribution is 2.21. The number of piperidine rings is 1. The second kappa shape index (κ2) is 8.12. The van der Waals surface area contributed by atoms with Gasteiger partial charge in [0.25, 0.3) is 0 Å². The summed E-state index contributed by atoms with van der Waals surface area (Å²) in [5, 5.41) is 3.25. The van der Waals surface area contributed by atoms with Crippen LogP contribution in [0.3, 0.4) is 0 Å². The van der Waals surface area contributed by atoms with E-state index in [0.717, 1.165) is 51.9 Å². The molecule has 1 unspecified atom stereocenters. The topological polar surface area (TPSA) is 49.4 Å². The lowest BCUT2D eigenvalue weighted by atomic mass is 9.97. The molecule has 0 amide bonds. The first-order valence-electron chi connectivity index (χ1n) is 7.28. The molecule has 0 aromatic rings. The Kier molecular flexibility index (Phi) is 7.19. The third kappa shape index (κ3) is 5.24. The van der Waals surface area contributed by atoms with E-state index in [1.165, 1.54) is 6.42 Å². The molecule has 1 heterocycles. The van der Waals surface area contributed by atoms with E-state index in [1.807, 2.05) is 0 Å². The van der Waals surface area contributed by atoms with Gasteiger partial charge < -0.3 is 5.32 Å². The molecule has 4 nitrogen and oxygen atoms in total. The quantitative estimate of drug-likeness (QED) is 0.688. The number of nitrogens with zero attached hydrogens (tertiary/aromatic N) is 1. The fraction of sp³-hybridized carbons (Fsp3) is 1.00. The van der Waals surface area contributed by atoms with Gasteiger partial charge in [0.05, 0.1) is 5.75 Å². The highest BCUT2D eigenvalue weighted by molar-refractivity contribution is 7.89. The van der Waals surface area contributed by atoms with Crippen LogP contribution < -0.4 is 5.32 Å². The number of nitrogens with one attached hydrogen (secondary N) is 1. The molecule has 0 aliphatic carbocycles. The normalized spacial score (nSPS) is 22.2. The van der Waals surface area contributed by atoms with Gasteiger partial charge in [-0.15, -0.1) is 0 Å². The zero-order valence-electron chi connectivity index (χ0n) is 11.8. The summed E-state index contributed by atoms with van der Waals surface area (Å²) in [7, 11) is -3.02. The summed E-state index contributed by atoms with van der Waals surface area (Å²) >= 11 is 0. The summed E-state index contributed by atoms with van der Waals surface area (Å²) in [6.07, 6.45) is 5.10. The molecular weight excluding hydrogens is 248 g/mol.